The molecule has 0 amide bonds. The molecule has 0 aliphatic rings. The predicted octanol–water partition coefficient (Wildman–Crippen LogP) is 0.916. The minimum absolute atomic E-state index is 0.0781. The standard InChI is InChI=1S/C18H24N4O5S2/c1-11(5-6-13-7-8-16(28-13)29(19,25)26)20-9-12(23)10-27-15-4-2-3-14-17(15)22-18(24)21-14/h2-4,7-8,11-12,20,23H,5-6,9-10H2,1H3,(H2,19,25,26)(H2,21,22,24). The summed E-state index contributed by atoms with van der Waals surface area (Å²) in [7, 11) is -3.65. The third-order valence-electron chi connectivity index (χ3n) is 4.39. The molecule has 3 aromatic rings. The molecule has 1 aromatic carbocycles. The summed E-state index contributed by atoms with van der Waals surface area (Å²) in [5.74, 6) is 0.497. The number of sulfonamides is 1. The van der Waals surface area contributed by atoms with Gasteiger partial charge in [0.05, 0.1) is 5.52 Å². The topological polar surface area (TPSA) is 150 Å². The molecule has 29 heavy (non-hydrogen) atoms. The Bertz CT molecular complexity index is 1120. The highest BCUT2D eigenvalue weighted by molar-refractivity contribution is 7.91. The Kier molecular flexibility index (Phi) is 6.75. The number of aliphatic hydroxyl groups excluding tert-OH is 1. The lowest BCUT2D eigenvalue weighted by molar-refractivity contribution is 0.104. The molecule has 2 heterocycles. The number of ether oxygens (including phenoxy) is 1. The molecule has 0 aliphatic heterocycles. The maximum Gasteiger partial charge on any atom is 0.323 e. The molecule has 0 fully saturated rings. The van der Waals surface area contributed by atoms with Crippen molar-refractivity contribution < 1.29 is 18.3 Å². The molecule has 0 aliphatic carbocycles. The Morgan fingerprint density at radius 1 is 1.28 bits per heavy atom. The molecule has 0 bridgehead atoms. The van der Waals surface area contributed by atoms with Gasteiger partial charge in [-0.1, -0.05) is 6.07 Å². The molecule has 11 heteroatoms. The monoisotopic (exact) mass is 440 g/mol. The number of imidazole rings is 1. The molecule has 3 rings (SSSR count). The summed E-state index contributed by atoms with van der Waals surface area (Å²) in [6, 6.07) is 8.66. The fourth-order valence-electron chi connectivity index (χ4n) is 2.84. The number of primary sulfonamides is 1. The number of fused-ring (bicyclic) bond motifs is 1. The van der Waals surface area contributed by atoms with Gasteiger partial charge in [0, 0.05) is 17.5 Å². The number of hydrogen-bond donors (Lipinski definition) is 5. The fraction of sp³-hybridized carbons (Fsp3) is 0.389. The van der Waals surface area contributed by atoms with Crippen LogP contribution in [-0.4, -0.2) is 48.8 Å². The third kappa shape index (κ3) is 5.90. The second-order valence-electron chi connectivity index (χ2n) is 6.84. The van der Waals surface area contributed by atoms with Crippen LogP contribution in [-0.2, 0) is 16.4 Å². The molecular weight excluding hydrogens is 416 g/mol. The van der Waals surface area contributed by atoms with Gasteiger partial charge in [0.1, 0.15) is 28.2 Å². The molecule has 2 atom stereocenters. The lowest BCUT2D eigenvalue weighted by Crippen LogP contribution is -2.36. The summed E-state index contributed by atoms with van der Waals surface area (Å²) in [4.78, 5) is 17.7. The second-order valence-corrected chi connectivity index (χ2v) is 9.79. The largest absolute Gasteiger partial charge is 0.489 e. The number of nitrogens with two attached hydrogens (primary N) is 1. The minimum atomic E-state index is -3.65. The summed E-state index contributed by atoms with van der Waals surface area (Å²) < 4.78 is 28.4. The van der Waals surface area contributed by atoms with Crippen molar-refractivity contribution in [1.29, 1.82) is 0 Å². The maximum absolute atomic E-state index is 11.4. The van der Waals surface area contributed by atoms with Gasteiger partial charge in [0.15, 0.2) is 0 Å². The first-order valence-corrected chi connectivity index (χ1v) is 11.5. The van der Waals surface area contributed by atoms with Gasteiger partial charge < -0.3 is 25.1 Å². The molecule has 6 N–H and O–H groups in total. The number of H-pyrrole nitrogens is 2. The number of aromatic nitrogens is 2. The second kappa shape index (κ2) is 9.09. The number of aliphatic hydroxyl groups is 1. The lowest BCUT2D eigenvalue weighted by Gasteiger charge is -2.17. The zero-order valence-corrected chi connectivity index (χ0v) is 17.5. The molecule has 2 unspecified atom stereocenters. The van der Waals surface area contributed by atoms with Crippen LogP contribution in [0.1, 0.15) is 18.2 Å². The highest BCUT2D eigenvalue weighted by Crippen LogP contribution is 2.22. The van der Waals surface area contributed by atoms with E-state index in [9.17, 15) is 18.3 Å². The predicted molar refractivity (Wildman–Crippen MR) is 112 cm³/mol. The van der Waals surface area contributed by atoms with Gasteiger partial charge in [-0.2, -0.15) is 0 Å². The van der Waals surface area contributed by atoms with E-state index in [4.69, 9.17) is 9.88 Å². The van der Waals surface area contributed by atoms with Gasteiger partial charge in [-0.3, -0.25) is 0 Å². The molecule has 0 saturated carbocycles. The minimum Gasteiger partial charge on any atom is -0.489 e. The Labute approximate surface area is 172 Å². The smallest absolute Gasteiger partial charge is 0.323 e. The van der Waals surface area contributed by atoms with E-state index >= 15 is 0 Å². The molecule has 9 nitrogen and oxygen atoms in total. The van der Waals surface area contributed by atoms with Crippen LogP contribution < -0.4 is 20.9 Å². The number of nitrogens with one attached hydrogen (secondary N) is 3. The summed E-state index contributed by atoms with van der Waals surface area (Å²) in [6.07, 6.45) is 0.764. The van der Waals surface area contributed by atoms with Crippen LogP contribution in [0.25, 0.3) is 11.0 Å². The van der Waals surface area contributed by atoms with Gasteiger partial charge in [-0.05, 0) is 44.0 Å². The first-order chi connectivity index (χ1) is 13.7. The van der Waals surface area contributed by atoms with Crippen molar-refractivity contribution in [2.75, 3.05) is 13.2 Å². The van der Waals surface area contributed by atoms with Crippen molar-refractivity contribution in [1.82, 2.24) is 15.3 Å². The van der Waals surface area contributed by atoms with Crippen LogP contribution in [0.4, 0.5) is 0 Å². The Morgan fingerprint density at radius 3 is 2.79 bits per heavy atom. The number of thiophene rings is 1. The summed E-state index contributed by atoms with van der Waals surface area (Å²) in [5.41, 5.74) is 0.905. The number of para-hydroxylation sites is 1. The van der Waals surface area contributed by atoms with Crippen LogP contribution in [0.3, 0.4) is 0 Å². The van der Waals surface area contributed by atoms with Gasteiger partial charge in [-0.15, -0.1) is 11.3 Å². The van der Waals surface area contributed by atoms with Crippen molar-refractivity contribution >= 4 is 32.4 Å². The molecule has 2 aromatic heterocycles. The molecule has 0 radical (unpaired) electrons. The zero-order valence-electron chi connectivity index (χ0n) is 15.8. The van der Waals surface area contributed by atoms with Crippen LogP contribution in [0.2, 0.25) is 0 Å². The van der Waals surface area contributed by atoms with Crippen LogP contribution >= 0.6 is 11.3 Å². The van der Waals surface area contributed by atoms with Crippen molar-refractivity contribution in [2.24, 2.45) is 5.14 Å². The highest BCUT2D eigenvalue weighted by atomic mass is 32.2. The van der Waals surface area contributed by atoms with E-state index in [1.54, 1.807) is 24.3 Å². The summed E-state index contributed by atoms with van der Waals surface area (Å²) in [6.45, 7) is 2.41. The van der Waals surface area contributed by atoms with E-state index in [0.29, 0.717) is 29.7 Å². The molecule has 0 saturated heterocycles. The quantitative estimate of drug-likeness (QED) is 0.316. The van der Waals surface area contributed by atoms with Crippen LogP contribution in [0, 0.1) is 0 Å². The average Bonchev–Trinajstić information content (AvgIpc) is 3.28. The van der Waals surface area contributed by atoms with Crippen LogP contribution in [0.15, 0.2) is 39.3 Å². The molecule has 158 valence electrons. The van der Waals surface area contributed by atoms with E-state index < -0.39 is 16.1 Å². The number of aromatic amines is 2. The molecule has 0 spiro atoms. The van der Waals surface area contributed by atoms with Crippen molar-refractivity contribution in [3.05, 3.63) is 45.7 Å². The maximum atomic E-state index is 11.4. The van der Waals surface area contributed by atoms with E-state index in [-0.39, 0.29) is 22.5 Å². The molecular formula is C18H24N4O5S2. The van der Waals surface area contributed by atoms with E-state index in [1.807, 2.05) is 6.92 Å². The van der Waals surface area contributed by atoms with Gasteiger partial charge in [0.2, 0.25) is 10.0 Å². The highest BCUT2D eigenvalue weighted by Gasteiger charge is 2.13. The average molecular weight is 441 g/mol. The number of rotatable bonds is 10. The zero-order chi connectivity index (χ0) is 21.0. The van der Waals surface area contributed by atoms with Crippen molar-refractivity contribution in [3.8, 4) is 5.75 Å². The Morgan fingerprint density at radius 2 is 2.07 bits per heavy atom. The Balaban J connectivity index is 1.42. The number of hydrogen-bond acceptors (Lipinski definition) is 7. The number of benzene rings is 1. The van der Waals surface area contributed by atoms with Crippen molar-refractivity contribution in [2.45, 2.75) is 36.1 Å². The third-order valence-corrected chi connectivity index (χ3v) is 6.97. The van der Waals surface area contributed by atoms with Crippen molar-refractivity contribution in [3.63, 3.8) is 0 Å². The fourth-order valence-corrected chi connectivity index (χ4v) is 4.63. The van der Waals surface area contributed by atoms with E-state index in [1.165, 1.54) is 17.4 Å². The van der Waals surface area contributed by atoms with Gasteiger partial charge in [0.25, 0.3) is 0 Å². The first kappa shape index (κ1) is 21.5. The summed E-state index contributed by atoms with van der Waals surface area (Å²) in [5, 5.41) is 18.5. The van der Waals surface area contributed by atoms with E-state index in [0.717, 1.165) is 11.3 Å². The van der Waals surface area contributed by atoms with E-state index in [2.05, 4.69) is 15.3 Å². The number of aryl methyl sites for hydroxylation is 1. The summed E-state index contributed by atoms with van der Waals surface area (Å²) >= 11 is 1.18. The first-order valence-electron chi connectivity index (χ1n) is 9.09. The van der Waals surface area contributed by atoms with Gasteiger partial charge in [-0.25, -0.2) is 18.4 Å². The lowest BCUT2D eigenvalue weighted by atomic mass is 10.1. The van der Waals surface area contributed by atoms with Crippen LogP contribution in [0.5, 0.6) is 5.75 Å². The normalized spacial score (nSPS) is 14.2. The van der Waals surface area contributed by atoms with Gasteiger partial charge >= 0.3 is 5.69 Å². The Hall–Kier alpha value is -2.18. The SMILES string of the molecule is CC(CCc1ccc(S(N)(=O)=O)s1)NCC(O)COc1cccc2[nH]c(=O)[nH]c12.